The number of hydrogen-bond acceptors (Lipinski definition) is 4. The molecule has 2 N–H and O–H groups in total. The Bertz CT molecular complexity index is 536. The van der Waals surface area contributed by atoms with Crippen LogP contribution in [0, 0.1) is 5.82 Å². The number of halogens is 2. The molecule has 23 heavy (non-hydrogen) atoms. The monoisotopic (exact) mass is 346 g/mol. The molecule has 1 heterocycles. The van der Waals surface area contributed by atoms with E-state index in [1.165, 1.54) is 20.3 Å². The van der Waals surface area contributed by atoms with Crippen molar-refractivity contribution in [2.24, 2.45) is 0 Å². The largest absolute Gasteiger partial charge is 0.493 e. The van der Waals surface area contributed by atoms with E-state index in [1.54, 1.807) is 13.0 Å². The van der Waals surface area contributed by atoms with E-state index in [0.717, 1.165) is 19.4 Å². The number of hydrogen-bond donors (Lipinski definition) is 2. The third-order valence-electron chi connectivity index (χ3n) is 3.94. The van der Waals surface area contributed by atoms with Gasteiger partial charge < -0.3 is 20.1 Å². The molecule has 130 valence electrons. The van der Waals surface area contributed by atoms with Gasteiger partial charge >= 0.3 is 0 Å². The summed E-state index contributed by atoms with van der Waals surface area (Å²) in [6.07, 6.45) is 2.52. The third-order valence-corrected chi connectivity index (χ3v) is 3.94. The first-order valence-electron chi connectivity index (χ1n) is 7.49. The minimum atomic E-state index is -0.436. The molecule has 7 heteroatoms. The molecule has 1 aromatic rings. The lowest BCUT2D eigenvalue weighted by Crippen LogP contribution is -2.33. The maximum Gasteiger partial charge on any atom is 0.222 e. The normalized spacial score (nSPS) is 18.0. The highest BCUT2D eigenvalue weighted by molar-refractivity contribution is 5.85. The summed E-state index contributed by atoms with van der Waals surface area (Å²) in [4.78, 5) is 12.0. The van der Waals surface area contributed by atoms with E-state index in [-0.39, 0.29) is 24.4 Å². The summed E-state index contributed by atoms with van der Waals surface area (Å²) in [5.74, 6) is 0.264. The number of benzene rings is 1. The van der Waals surface area contributed by atoms with Crippen molar-refractivity contribution in [3.63, 3.8) is 0 Å². The number of carbonyl (C=O) groups is 1. The van der Waals surface area contributed by atoms with Crippen LogP contribution in [-0.2, 0) is 4.79 Å². The van der Waals surface area contributed by atoms with Crippen molar-refractivity contribution in [2.75, 3.05) is 20.8 Å². The van der Waals surface area contributed by atoms with Crippen LogP contribution in [-0.4, -0.2) is 32.7 Å². The van der Waals surface area contributed by atoms with Gasteiger partial charge in [0, 0.05) is 24.1 Å². The molecule has 0 spiro atoms. The zero-order valence-electron chi connectivity index (χ0n) is 13.6. The lowest BCUT2D eigenvalue weighted by atomic mass is 10.1. The summed E-state index contributed by atoms with van der Waals surface area (Å²) in [5, 5.41) is 6.11. The predicted octanol–water partition coefficient (Wildman–Crippen LogP) is 2.58. The SMILES string of the molecule is COc1cc(F)c(C(C)NC(=O)CC2CCCN2)cc1OC.Cl. The molecule has 2 unspecified atom stereocenters. The lowest BCUT2D eigenvalue weighted by Gasteiger charge is -2.18. The molecule has 0 aliphatic carbocycles. The van der Waals surface area contributed by atoms with Crippen LogP contribution in [0.4, 0.5) is 4.39 Å². The van der Waals surface area contributed by atoms with Crippen LogP contribution in [0.25, 0.3) is 0 Å². The smallest absolute Gasteiger partial charge is 0.222 e. The van der Waals surface area contributed by atoms with Gasteiger partial charge in [0.15, 0.2) is 11.5 Å². The first kappa shape index (κ1) is 19.5. The van der Waals surface area contributed by atoms with Gasteiger partial charge in [0.25, 0.3) is 0 Å². The number of nitrogens with one attached hydrogen (secondary N) is 2. The van der Waals surface area contributed by atoms with Crippen LogP contribution in [0.3, 0.4) is 0 Å². The Morgan fingerprint density at radius 2 is 2.04 bits per heavy atom. The van der Waals surface area contributed by atoms with Crippen molar-refractivity contribution in [3.05, 3.63) is 23.5 Å². The van der Waals surface area contributed by atoms with E-state index in [0.29, 0.717) is 23.5 Å². The second-order valence-electron chi connectivity index (χ2n) is 5.52. The van der Waals surface area contributed by atoms with Gasteiger partial charge in [-0.05, 0) is 32.4 Å². The molecular formula is C16H24ClFN2O3. The number of amides is 1. The molecule has 2 rings (SSSR count). The maximum atomic E-state index is 14.2. The molecule has 1 amide bonds. The average Bonchev–Trinajstić information content (AvgIpc) is 2.99. The Kier molecular flexibility index (Phi) is 7.58. The Morgan fingerprint density at radius 1 is 1.39 bits per heavy atom. The summed E-state index contributed by atoms with van der Waals surface area (Å²) in [5.41, 5.74) is 0.380. The summed E-state index contributed by atoms with van der Waals surface area (Å²) >= 11 is 0. The zero-order valence-corrected chi connectivity index (χ0v) is 14.5. The maximum absolute atomic E-state index is 14.2. The molecule has 2 atom stereocenters. The molecule has 1 aliphatic heterocycles. The van der Waals surface area contributed by atoms with Gasteiger partial charge in [0.2, 0.25) is 5.91 Å². The first-order chi connectivity index (χ1) is 10.5. The van der Waals surface area contributed by atoms with Gasteiger partial charge in [-0.25, -0.2) is 4.39 Å². The Morgan fingerprint density at radius 3 is 2.61 bits per heavy atom. The van der Waals surface area contributed by atoms with Gasteiger partial charge in [-0.2, -0.15) is 0 Å². The first-order valence-corrected chi connectivity index (χ1v) is 7.49. The summed E-state index contributed by atoms with van der Waals surface area (Å²) in [7, 11) is 2.95. The fourth-order valence-corrected chi connectivity index (χ4v) is 2.73. The molecule has 1 aliphatic rings. The van der Waals surface area contributed by atoms with E-state index < -0.39 is 11.9 Å². The average molecular weight is 347 g/mol. The van der Waals surface area contributed by atoms with Crippen LogP contribution in [0.2, 0.25) is 0 Å². The van der Waals surface area contributed by atoms with Crippen LogP contribution in [0.1, 0.15) is 37.8 Å². The second-order valence-corrected chi connectivity index (χ2v) is 5.52. The van der Waals surface area contributed by atoms with E-state index in [4.69, 9.17) is 9.47 Å². The predicted molar refractivity (Wildman–Crippen MR) is 89.0 cm³/mol. The van der Waals surface area contributed by atoms with Crippen molar-refractivity contribution in [2.45, 2.75) is 38.3 Å². The standard InChI is InChI=1S/C16H23FN2O3.ClH/c1-10(19-16(20)7-11-5-4-6-18-11)12-8-14(21-2)15(22-3)9-13(12)17;/h8-11,18H,4-7H2,1-3H3,(H,19,20);1H. The number of methoxy groups -OCH3 is 2. The lowest BCUT2D eigenvalue weighted by molar-refractivity contribution is -0.122. The molecule has 0 bridgehead atoms. The third kappa shape index (κ3) is 4.97. The molecule has 5 nitrogen and oxygen atoms in total. The van der Waals surface area contributed by atoms with Crippen molar-refractivity contribution in [3.8, 4) is 11.5 Å². The number of ether oxygens (including phenoxy) is 2. The van der Waals surface area contributed by atoms with Crippen LogP contribution < -0.4 is 20.1 Å². The van der Waals surface area contributed by atoms with Gasteiger partial charge in [-0.3, -0.25) is 4.79 Å². The van der Waals surface area contributed by atoms with E-state index in [9.17, 15) is 9.18 Å². The van der Waals surface area contributed by atoms with Crippen LogP contribution in [0.15, 0.2) is 12.1 Å². The van der Waals surface area contributed by atoms with Crippen molar-refractivity contribution in [1.29, 1.82) is 0 Å². The number of carbonyl (C=O) groups excluding carboxylic acids is 1. The fraction of sp³-hybridized carbons (Fsp3) is 0.562. The minimum absolute atomic E-state index is 0. The molecule has 1 fully saturated rings. The molecule has 1 saturated heterocycles. The summed E-state index contributed by atoms with van der Waals surface area (Å²) in [6, 6.07) is 2.62. The highest BCUT2D eigenvalue weighted by Crippen LogP contribution is 2.32. The zero-order chi connectivity index (χ0) is 16.1. The van der Waals surface area contributed by atoms with Crippen molar-refractivity contribution in [1.82, 2.24) is 10.6 Å². The topological polar surface area (TPSA) is 59.6 Å². The Hall–Kier alpha value is -1.53. The van der Waals surface area contributed by atoms with Crippen molar-refractivity contribution < 1.29 is 18.7 Å². The van der Waals surface area contributed by atoms with Gasteiger partial charge in [0.1, 0.15) is 5.82 Å². The van der Waals surface area contributed by atoms with E-state index in [2.05, 4.69) is 10.6 Å². The van der Waals surface area contributed by atoms with Gasteiger partial charge in [-0.1, -0.05) is 0 Å². The number of rotatable bonds is 6. The van der Waals surface area contributed by atoms with Crippen molar-refractivity contribution >= 4 is 18.3 Å². The molecule has 0 radical (unpaired) electrons. The van der Waals surface area contributed by atoms with Crippen LogP contribution >= 0.6 is 12.4 Å². The molecule has 1 aromatic carbocycles. The van der Waals surface area contributed by atoms with Crippen LogP contribution in [0.5, 0.6) is 11.5 Å². The quantitative estimate of drug-likeness (QED) is 0.831. The molecule has 0 aromatic heterocycles. The Labute approximate surface area is 142 Å². The highest BCUT2D eigenvalue weighted by atomic mass is 35.5. The molecular weight excluding hydrogens is 323 g/mol. The summed E-state index contributed by atoms with van der Waals surface area (Å²) in [6.45, 7) is 2.71. The van der Waals surface area contributed by atoms with E-state index in [1.807, 2.05) is 0 Å². The van der Waals surface area contributed by atoms with Gasteiger partial charge in [0.05, 0.1) is 20.3 Å². The summed E-state index contributed by atoms with van der Waals surface area (Å²) < 4.78 is 24.4. The van der Waals surface area contributed by atoms with Gasteiger partial charge in [-0.15, -0.1) is 12.4 Å². The molecule has 0 saturated carbocycles. The second kappa shape index (κ2) is 8.93. The highest BCUT2D eigenvalue weighted by Gasteiger charge is 2.21. The minimum Gasteiger partial charge on any atom is -0.493 e. The Balaban J connectivity index is 0.00000264. The fourth-order valence-electron chi connectivity index (χ4n) is 2.73. The van der Waals surface area contributed by atoms with E-state index >= 15 is 0 Å².